The van der Waals surface area contributed by atoms with Gasteiger partial charge >= 0.3 is 0 Å². The van der Waals surface area contributed by atoms with Crippen molar-refractivity contribution in [3.8, 4) is 5.75 Å². The molecule has 1 aliphatic heterocycles. The summed E-state index contributed by atoms with van der Waals surface area (Å²) < 4.78 is 5.95. The van der Waals surface area contributed by atoms with E-state index in [1.807, 2.05) is 47.4 Å². The van der Waals surface area contributed by atoms with Crippen LogP contribution >= 0.6 is 11.6 Å². The third-order valence-corrected chi connectivity index (χ3v) is 5.06. The summed E-state index contributed by atoms with van der Waals surface area (Å²) in [6.45, 7) is 1.71. The van der Waals surface area contributed by atoms with Gasteiger partial charge in [-0.05, 0) is 41.3 Å². The Balaban J connectivity index is 1.55. The predicted octanol–water partition coefficient (Wildman–Crippen LogP) is 5.12. The molecule has 27 heavy (non-hydrogen) atoms. The van der Waals surface area contributed by atoms with E-state index in [9.17, 15) is 4.79 Å². The van der Waals surface area contributed by atoms with Crippen LogP contribution in [0.25, 0.3) is 0 Å². The molecule has 0 aliphatic carbocycles. The van der Waals surface area contributed by atoms with E-state index in [1.165, 1.54) is 11.1 Å². The van der Waals surface area contributed by atoms with Crippen molar-refractivity contribution in [2.45, 2.75) is 19.6 Å². The van der Waals surface area contributed by atoms with Gasteiger partial charge in [0.2, 0.25) is 0 Å². The van der Waals surface area contributed by atoms with Gasteiger partial charge in [0, 0.05) is 18.1 Å². The summed E-state index contributed by atoms with van der Waals surface area (Å²) in [5.74, 6) is 0.516. The van der Waals surface area contributed by atoms with Crippen molar-refractivity contribution in [1.29, 1.82) is 0 Å². The van der Waals surface area contributed by atoms with Crippen molar-refractivity contribution in [2.24, 2.45) is 0 Å². The van der Waals surface area contributed by atoms with Gasteiger partial charge in [0.15, 0.2) is 0 Å². The fourth-order valence-electron chi connectivity index (χ4n) is 3.37. The zero-order chi connectivity index (χ0) is 18.6. The number of hydrogen-bond acceptors (Lipinski definition) is 2. The fraction of sp³-hybridized carbons (Fsp3) is 0.174. The largest absolute Gasteiger partial charge is 0.488 e. The maximum Gasteiger partial charge on any atom is 0.257 e. The molecule has 136 valence electrons. The lowest BCUT2D eigenvalue weighted by Gasteiger charge is -2.29. The van der Waals surface area contributed by atoms with Crippen LogP contribution in [-0.2, 0) is 19.6 Å². The minimum absolute atomic E-state index is 0.0462. The van der Waals surface area contributed by atoms with Gasteiger partial charge in [0.1, 0.15) is 12.4 Å². The zero-order valence-corrected chi connectivity index (χ0v) is 15.7. The van der Waals surface area contributed by atoms with E-state index in [4.69, 9.17) is 16.3 Å². The van der Waals surface area contributed by atoms with Crippen molar-refractivity contribution >= 4 is 17.5 Å². The second kappa shape index (κ2) is 7.85. The highest BCUT2D eigenvalue weighted by Crippen LogP contribution is 2.27. The zero-order valence-electron chi connectivity index (χ0n) is 14.9. The first kappa shape index (κ1) is 17.6. The maximum atomic E-state index is 13.2. The quantitative estimate of drug-likeness (QED) is 0.631. The molecule has 3 nitrogen and oxygen atoms in total. The molecule has 3 aromatic rings. The molecule has 0 fully saturated rings. The summed E-state index contributed by atoms with van der Waals surface area (Å²) in [6.07, 6.45) is 0.864. The van der Waals surface area contributed by atoms with Crippen LogP contribution in [0.5, 0.6) is 5.75 Å². The fourth-order valence-corrected chi connectivity index (χ4v) is 3.54. The first-order valence-electron chi connectivity index (χ1n) is 9.03. The highest BCUT2D eigenvalue weighted by Gasteiger charge is 2.24. The molecule has 0 saturated carbocycles. The molecule has 1 heterocycles. The highest BCUT2D eigenvalue weighted by atomic mass is 35.5. The van der Waals surface area contributed by atoms with Crippen LogP contribution in [0.1, 0.15) is 27.0 Å². The molecule has 0 saturated heterocycles. The summed E-state index contributed by atoms with van der Waals surface area (Å²) in [4.78, 5) is 15.0. The summed E-state index contributed by atoms with van der Waals surface area (Å²) in [5.41, 5.74) is 4.08. The molecule has 4 heteroatoms. The third kappa shape index (κ3) is 3.99. The highest BCUT2D eigenvalue weighted by molar-refractivity contribution is 6.31. The molecule has 1 aliphatic rings. The molecular weight excluding hydrogens is 358 g/mol. The Hall–Kier alpha value is -2.78. The second-order valence-electron chi connectivity index (χ2n) is 6.66. The number of fused-ring (bicyclic) bond motifs is 1. The van der Waals surface area contributed by atoms with Gasteiger partial charge in [-0.2, -0.15) is 0 Å². The van der Waals surface area contributed by atoms with Crippen molar-refractivity contribution in [2.75, 3.05) is 6.54 Å². The van der Waals surface area contributed by atoms with Gasteiger partial charge in [-0.1, -0.05) is 66.2 Å². The Kier molecular flexibility index (Phi) is 5.12. The molecule has 0 radical (unpaired) electrons. The first-order valence-corrected chi connectivity index (χ1v) is 9.41. The van der Waals surface area contributed by atoms with E-state index in [2.05, 4.69) is 12.1 Å². The third-order valence-electron chi connectivity index (χ3n) is 4.83. The van der Waals surface area contributed by atoms with E-state index in [1.54, 1.807) is 18.2 Å². The van der Waals surface area contributed by atoms with Crippen LogP contribution in [0.15, 0.2) is 72.8 Å². The lowest BCUT2D eigenvalue weighted by atomic mass is 9.99. The number of nitrogens with zero attached hydrogens (tertiary/aromatic N) is 1. The molecule has 3 aromatic carbocycles. The number of rotatable bonds is 4. The minimum atomic E-state index is -0.0462. The first-order chi connectivity index (χ1) is 13.2. The van der Waals surface area contributed by atoms with Crippen LogP contribution in [0, 0.1) is 0 Å². The molecule has 0 N–H and O–H groups in total. The van der Waals surface area contributed by atoms with Crippen LogP contribution in [0.2, 0.25) is 5.02 Å². The number of halogens is 1. The SMILES string of the molecule is O=C(c1cc(Cl)ccc1OCc1ccccc1)N1CCc2ccccc2C1. The van der Waals surface area contributed by atoms with Crippen LogP contribution in [0.4, 0.5) is 0 Å². The van der Waals surface area contributed by atoms with Crippen molar-refractivity contribution in [3.63, 3.8) is 0 Å². The average Bonchev–Trinajstić information content (AvgIpc) is 2.72. The van der Waals surface area contributed by atoms with E-state index in [-0.39, 0.29) is 5.91 Å². The molecule has 1 amide bonds. The van der Waals surface area contributed by atoms with Gasteiger partial charge < -0.3 is 9.64 Å². The smallest absolute Gasteiger partial charge is 0.257 e. The second-order valence-corrected chi connectivity index (χ2v) is 7.10. The number of benzene rings is 3. The molecule has 0 bridgehead atoms. The minimum Gasteiger partial charge on any atom is -0.488 e. The molecule has 0 spiro atoms. The normalized spacial score (nSPS) is 13.1. The molecule has 0 aromatic heterocycles. The van der Waals surface area contributed by atoms with Gasteiger partial charge in [0.05, 0.1) is 5.56 Å². The van der Waals surface area contributed by atoms with Crippen molar-refractivity contribution < 1.29 is 9.53 Å². The van der Waals surface area contributed by atoms with E-state index < -0.39 is 0 Å². The van der Waals surface area contributed by atoms with Crippen molar-refractivity contribution in [1.82, 2.24) is 4.90 Å². The predicted molar refractivity (Wildman–Crippen MR) is 107 cm³/mol. The lowest BCUT2D eigenvalue weighted by molar-refractivity contribution is 0.0730. The summed E-state index contributed by atoms with van der Waals surface area (Å²) >= 11 is 6.17. The van der Waals surface area contributed by atoms with Crippen LogP contribution < -0.4 is 4.74 Å². The van der Waals surface area contributed by atoms with Gasteiger partial charge in [-0.3, -0.25) is 4.79 Å². The van der Waals surface area contributed by atoms with E-state index in [0.717, 1.165) is 12.0 Å². The monoisotopic (exact) mass is 377 g/mol. The van der Waals surface area contributed by atoms with Crippen LogP contribution in [0.3, 0.4) is 0 Å². The van der Waals surface area contributed by atoms with Gasteiger partial charge in [0.25, 0.3) is 5.91 Å². The molecule has 0 unspecified atom stereocenters. The number of hydrogen-bond donors (Lipinski definition) is 0. The Labute approximate surface area is 164 Å². The number of amides is 1. The Morgan fingerprint density at radius 2 is 1.70 bits per heavy atom. The molecule has 0 atom stereocenters. The Morgan fingerprint density at radius 1 is 0.963 bits per heavy atom. The maximum absolute atomic E-state index is 13.2. The van der Waals surface area contributed by atoms with Gasteiger partial charge in [-0.15, -0.1) is 0 Å². The number of carbonyl (C=O) groups excluding carboxylic acids is 1. The molecular formula is C23H20ClNO2. The Morgan fingerprint density at radius 3 is 2.52 bits per heavy atom. The summed E-state index contributed by atoms with van der Waals surface area (Å²) in [7, 11) is 0. The average molecular weight is 378 g/mol. The summed E-state index contributed by atoms with van der Waals surface area (Å²) in [6, 6.07) is 23.4. The van der Waals surface area contributed by atoms with Crippen LogP contribution in [-0.4, -0.2) is 17.4 Å². The summed E-state index contributed by atoms with van der Waals surface area (Å²) in [5, 5.41) is 0.530. The van der Waals surface area contributed by atoms with E-state index in [0.29, 0.717) is 36.0 Å². The number of ether oxygens (including phenoxy) is 1. The van der Waals surface area contributed by atoms with Crippen molar-refractivity contribution in [3.05, 3.63) is 100 Å². The van der Waals surface area contributed by atoms with Gasteiger partial charge in [-0.25, -0.2) is 0 Å². The van der Waals surface area contributed by atoms with E-state index >= 15 is 0 Å². The standard InChI is InChI=1S/C23H20ClNO2/c24-20-10-11-22(27-16-17-6-2-1-3-7-17)21(14-20)23(26)25-13-12-18-8-4-5-9-19(18)15-25/h1-11,14H,12-13,15-16H2. The number of carbonyl (C=O) groups is 1. The molecule has 4 rings (SSSR count). The topological polar surface area (TPSA) is 29.5 Å². The Bertz CT molecular complexity index is 956. The lowest BCUT2D eigenvalue weighted by Crippen LogP contribution is -2.36.